The van der Waals surface area contributed by atoms with Crippen LogP contribution in [0.3, 0.4) is 0 Å². The number of nitrogens with zero attached hydrogens (tertiary/aromatic N) is 4. The fraction of sp³-hybridized carbons (Fsp3) is 0.300. The van der Waals surface area contributed by atoms with Crippen LogP contribution >= 0.6 is 0 Å². The van der Waals surface area contributed by atoms with E-state index in [1.165, 1.54) is 5.56 Å². The minimum absolute atomic E-state index is 0.109. The fourth-order valence-electron chi connectivity index (χ4n) is 3.54. The first-order valence-electron chi connectivity index (χ1n) is 8.79. The van der Waals surface area contributed by atoms with Gasteiger partial charge < -0.3 is 9.47 Å². The Kier molecular flexibility index (Phi) is 4.37. The molecular formula is C20H22N4O. The van der Waals surface area contributed by atoms with E-state index >= 15 is 0 Å². The van der Waals surface area contributed by atoms with Crippen molar-refractivity contribution in [2.45, 2.75) is 25.4 Å². The molecule has 1 aromatic carbocycles. The molecule has 0 radical (unpaired) electrons. The van der Waals surface area contributed by atoms with Gasteiger partial charge in [-0.1, -0.05) is 30.3 Å². The molecule has 25 heavy (non-hydrogen) atoms. The van der Waals surface area contributed by atoms with Gasteiger partial charge in [0.1, 0.15) is 5.69 Å². The first-order chi connectivity index (χ1) is 12.3. The van der Waals surface area contributed by atoms with E-state index in [-0.39, 0.29) is 11.9 Å². The zero-order valence-corrected chi connectivity index (χ0v) is 14.2. The molecule has 1 unspecified atom stereocenters. The van der Waals surface area contributed by atoms with Gasteiger partial charge in [-0.25, -0.2) is 0 Å². The summed E-state index contributed by atoms with van der Waals surface area (Å²) in [6.45, 7) is 2.25. The SMILES string of the molecule is O=C(c1cccn1Cc1ccccc1)N1CCCC(n2cccn2)C1. The lowest BCUT2D eigenvalue weighted by Crippen LogP contribution is -2.41. The Balaban J connectivity index is 1.50. The van der Waals surface area contributed by atoms with E-state index in [0.29, 0.717) is 6.54 Å². The van der Waals surface area contributed by atoms with Crippen LogP contribution in [0.4, 0.5) is 0 Å². The first-order valence-corrected chi connectivity index (χ1v) is 8.79. The molecule has 1 saturated heterocycles. The van der Waals surface area contributed by atoms with Gasteiger partial charge in [-0.2, -0.15) is 5.10 Å². The van der Waals surface area contributed by atoms with Crippen LogP contribution in [0.1, 0.15) is 34.9 Å². The van der Waals surface area contributed by atoms with Gasteiger partial charge in [0, 0.05) is 38.2 Å². The average Bonchev–Trinajstić information content (AvgIpc) is 3.34. The van der Waals surface area contributed by atoms with E-state index in [2.05, 4.69) is 17.2 Å². The van der Waals surface area contributed by atoms with Crippen molar-refractivity contribution in [3.63, 3.8) is 0 Å². The quantitative estimate of drug-likeness (QED) is 0.735. The molecule has 3 aromatic rings. The highest BCUT2D eigenvalue weighted by molar-refractivity contribution is 5.92. The predicted molar refractivity (Wildman–Crippen MR) is 96.4 cm³/mol. The molecular weight excluding hydrogens is 312 g/mol. The van der Waals surface area contributed by atoms with Crippen molar-refractivity contribution in [3.8, 4) is 0 Å². The van der Waals surface area contributed by atoms with Gasteiger partial charge in [-0.3, -0.25) is 9.48 Å². The summed E-state index contributed by atoms with van der Waals surface area (Å²) >= 11 is 0. The topological polar surface area (TPSA) is 43.1 Å². The van der Waals surface area contributed by atoms with Gasteiger partial charge in [0.15, 0.2) is 0 Å². The molecule has 0 bridgehead atoms. The first kappa shape index (κ1) is 15.7. The van der Waals surface area contributed by atoms with E-state index in [0.717, 1.165) is 31.6 Å². The summed E-state index contributed by atoms with van der Waals surface area (Å²) in [5.41, 5.74) is 1.95. The number of aromatic nitrogens is 3. The number of likely N-dealkylation sites (tertiary alicyclic amines) is 1. The number of rotatable bonds is 4. The van der Waals surface area contributed by atoms with Crippen molar-refractivity contribution in [3.05, 3.63) is 78.4 Å². The van der Waals surface area contributed by atoms with Crippen molar-refractivity contribution in [2.75, 3.05) is 13.1 Å². The molecule has 0 aliphatic carbocycles. The largest absolute Gasteiger partial charge is 0.339 e. The molecule has 1 amide bonds. The van der Waals surface area contributed by atoms with E-state index in [4.69, 9.17) is 0 Å². The Labute approximate surface area is 147 Å². The van der Waals surface area contributed by atoms with Crippen LogP contribution in [0, 0.1) is 0 Å². The maximum absolute atomic E-state index is 13.1. The number of carbonyl (C=O) groups is 1. The molecule has 128 valence electrons. The van der Waals surface area contributed by atoms with Gasteiger partial charge in [-0.15, -0.1) is 0 Å². The average molecular weight is 334 g/mol. The van der Waals surface area contributed by atoms with E-state index in [9.17, 15) is 4.79 Å². The van der Waals surface area contributed by atoms with Crippen LogP contribution in [0.2, 0.25) is 0 Å². The smallest absolute Gasteiger partial charge is 0.270 e. The maximum atomic E-state index is 13.1. The summed E-state index contributed by atoms with van der Waals surface area (Å²) in [5, 5.41) is 4.34. The number of benzene rings is 1. The molecule has 1 fully saturated rings. The minimum atomic E-state index is 0.109. The van der Waals surface area contributed by atoms with Crippen LogP contribution in [0.25, 0.3) is 0 Å². The predicted octanol–water partition coefficient (Wildman–Crippen LogP) is 3.21. The zero-order valence-electron chi connectivity index (χ0n) is 14.2. The second-order valence-electron chi connectivity index (χ2n) is 6.54. The highest BCUT2D eigenvalue weighted by Crippen LogP contribution is 2.22. The lowest BCUT2D eigenvalue weighted by atomic mass is 10.1. The second kappa shape index (κ2) is 6.97. The maximum Gasteiger partial charge on any atom is 0.270 e. The summed E-state index contributed by atoms with van der Waals surface area (Å²) in [7, 11) is 0. The molecule has 1 aliphatic rings. The van der Waals surface area contributed by atoms with Gasteiger partial charge in [0.05, 0.1) is 6.04 Å². The van der Waals surface area contributed by atoms with Gasteiger partial charge in [-0.05, 0) is 36.6 Å². The molecule has 0 spiro atoms. The third kappa shape index (κ3) is 3.36. The Hall–Kier alpha value is -2.82. The third-order valence-electron chi connectivity index (χ3n) is 4.83. The van der Waals surface area contributed by atoms with Crippen LogP contribution < -0.4 is 0 Å². The Morgan fingerprint density at radius 2 is 1.96 bits per heavy atom. The highest BCUT2D eigenvalue weighted by atomic mass is 16.2. The fourth-order valence-corrected chi connectivity index (χ4v) is 3.54. The van der Waals surface area contributed by atoms with Crippen molar-refractivity contribution < 1.29 is 4.79 Å². The monoisotopic (exact) mass is 334 g/mol. The zero-order chi connectivity index (χ0) is 17.1. The number of hydrogen-bond acceptors (Lipinski definition) is 2. The Morgan fingerprint density at radius 3 is 2.76 bits per heavy atom. The summed E-state index contributed by atoms with van der Waals surface area (Å²) in [4.78, 5) is 15.0. The van der Waals surface area contributed by atoms with E-state index < -0.39 is 0 Å². The van der Waals surface area contributed by atoms with Gasteiger partial charge >= 0.3 is 0 Å². The number of carbonyl (C=O) groups excluding carboxylic acids is 1. The van der Waals surface area contributed by atoms with E-state index in [1.54, 1.807) is 6.20 Å². The molecule has 4 rings (SSSR count). The molecule has 0 N–H and O–H groups in total. The molecule has 2 aromatic heterocycles. The molecule has 5 heteroatoms. The minimum Gasteiger partial charge on any atom is -0.339 e. The number of piperidine rings is 1. The van der Waals surface area contributed by atoms with Crippen LogP contribution in [-0.4, -0.2) is 38.2 Å². The van der Waals surface area contributed by atoms with Crippen LogP contribution in [0.5, 0.6) is 0 Å². The van der Waals surface area contributed by atoms with Crippen molar-refractivity contribution in [1.29, 1.82) is 0 Å². The number of amides is 1. The molecule has 0 saturated carbocycles. The molecule has 1 aliphatic heterocycles. The third-order valence-corrected chi connectivity index (χ3v) is 4.83. The van der Waals surface area contributed by atoms with Crippen LogP contribution in [-0.2, 0) is 6.54 Å². The summed E-state index contributed by atoms with van der Waals surface area (Å²) < 4.78 is 4.01. The summed E-state index contributed by atoms with van der Waals surface area (Å²) in [6, 6.07) is 16.3. The van der Waals surface area contributed by atoms with Gasteiger partial charge in [0.25, 0.3) is 5.91 Å². The van der Waals surface area contributed by atoms with Crippen LogP contribution in [0.15, 0.2) is 67.1 Å². The Morgan fingerprint density at radius 1 is 1.08 bits per heavy atom. The van der Waals surface area contributed by atoms with Crippen molar-refractivity contribution in [1.82, 2.24) is 19.2 Å². The van der Waals surface area contributed by atoms with Gasteiger partial charge in [0.2, 0.25) is 0 Å². The highest BCUT2D eigenvalue weighted by Gasteiger charge is 2.27. The normalized spacial score (nSPS) is 17.6. The molecule has 5 nitrogen and oxygen atoms in total. The van der Waals surface area contributed by atoms with Crippen molar-refractivity contribution in [2.24, 2.45) is 0 Å². The van der Waals surface area contributed by atoms with E-state index in [1.807, 2.05) is 62.9 Å². The standard InChI is InChI=1S/C20H22N4O/c25-20(23-13-4-9-18(16-23)24-14-6-11-21-24)19-10-5-12-22(19)15-17-7-2-1-3-8-17/h1-3,5-8,10-12,14,18H,4,9,13,15-16H2. The van der Waals surface area contributed by atoms with Crippen molar-refractivity contribution >= 4 is 5.91 Å². The number of hydrogen-bond donors (Lipinski definition) is 0. The lowest BCUT2D eigenvalue weighted by molar-refractivity contribution is 0.0662. The lowest BCUT2D eigenvalue weighted by Gasteiger charge is -2.33. The molecule has 1 atom stereocenters. The summed E-state index contributed by atoms with van der Waals surface area (Å²) in [5.74, 6) is 0.109. The second-order valence-corrected chi connectivity index (χ2v) is 6.54. The molecule has 3 heterocycles. The Bertz CT molecular complexity index is 823. The summed E-state index contributed by atoms with van der Waals surface area (Å²) in [6.07, 6.45) is 7.84.